The lowest BCUT2D eigenvalue weighted by molar-refractivity contribution is 0.0938. The molecule has 0 saturated heterocycles. The summed E-state index contributed by atoms with van der Waals surface area (Å²) in [5, 5.41) is 2.88. The van der Waals surface area contributed by atoms with Crippen LogP contribution in [0.25, 0.3) is 0 Å². The maximum atomic E-state index is 12.4. The zero-order valence-electron chi connectivity index (χ0n) is 14.7. The van der Waals surface area contributed by atoms with Crippen molar-refractivity contribution < 1.29 is 17.6 Å². The number of sulfonamides is 1. The zero-order chi connectivity index (χ0) is 18.4. The van der Waals surface area contributed by atoms with Crippen molar-refractivity contribution in [3.63, 3.8) is 0 Å². The molecular formula is C18H24N2O4S. The molecule has 2 rings (SSSR count). The van der Waals surface area contributed by atoms with Gasteiger partial charge in [-0.15, -0.1) is 0 Å². The molecule has 0 aliphatic heterocycles. The first-order chi connectivity index (χ1) is 11.8. The molecule has 0 radical (unpaired) electrons. The van der Waals surface area contributed by atoms with Crippen LogP contribution in [0, 0.1) is 0 Å². The van der Waals surface area contributed by atoms with Crippen molar-refractivity contribution in [3.8, 4) is 0 Å². The molecule has 1 unspecified atom stereocenters. The quantitative estimate of drug-likeness (QED) is 0.754. The third-order valence-corrected chi connectivity index (χ3v) is 5.23. The van der Waals surface area contributed by atoms with Crippen LogP contribution in [0.3, 0.4) is 0 Å². The second-order valence-electron chi connectivity index (χ2n) is 6.30. The molecule has 0 saturated carbocycles. The normalized spacial score (nSPS) is 13.0. The molecule has 1 heterocycles. The van der Waals surface area contributed by atoms with Crippen molar-refractivity contribution in [2.75, 3.05) is 0 Å². The summed E-state index contributed by atoms with van der Waals surface area (Å²) in [5.74, 6) is 0.572. The van der Waals surface area contributed by atoms with E-state index < -0.39 is 10.0 Å². The van der Waals surface area contributed by atoms with Gasteiger partial charge >= 0.3 is 0 Å². The predicted octanol–water partition coefficient (Wildman–Crippen LogP) is 2.72. The van der Waals surface area contributed by atoms with Crippen LogP contribution in [0.15, 0.2) is 52.0 Å². The molecule has 1 aromatic carbocycles. The second kappa shape index (κ2) is 8.31. The van der Waals surface area contributed by atoms with Gasteiger partial charge in [-0.25, -0.2) is 13.1 Å². The number of aryl methyl sites for hydroxylation is 1. The lowest BCUT2D eigenvalue weighted by Gasteiger charge is -2.14. The van der Waals surface area contributed by atoms with E-state index in [2.05, 4.69) is 10.0 Å². The Hall–Kier alpha value is -2.12. The van der Waals surface area contributed by atoms with E-state index in [4.69, 9.17) is 4.42 Å². The largest absolute Gasteiger partial charge is 0.469 e. The van der Waals surface area contributed by atoms with Crippen molar-refractivity contribution in [2.45, 2.75) is 50.6 Å². The van der Waals surface area contributed by atoms with Crippen molar-refractivity contribution in [3.05, 3.63) is 54.0 Å². The minimum atomic E-state index is -3.63. The number of furan rings is 1. The monoisotopic (exact) mass is 364 g/mol. The summed E-state index contributed by atoms with van der Waals surface area (Å²) in [5.41, 5.74) is 0.316. The van der Waals surface area contributed by atoms with Gasteiger partial charge in [0.15, 0.2) is 0 Å². The highest BCUT2D eigenvalue weighted by molar-refractivity contribution is 7.89. The highest BCUT2D eigenvalue weighted by Gasteiger charge is 2.18. The number of carbonyl (C=O) groups is 1. The van der Waals surface area contributed by atoms with E-state index >= 15 is 0 Å². The molecular weight excluding hydrogens is 340 g/mol. The average molecular weight is 364 g/mol. The Balaban J connectivity index is 2.00. The summed E-state index contributed by atoms with van der Waals surface area (Å²) in [6.07, 6.45) is 3.07. The Morgan fingerprint density at radius 1 is 1.16 bits per heavy atom. The number of rotatable bonds is 8. The Bertz CT molecular complexity index is 798. The first kappa shape index (κ1) is 19.2. The molecule has 2 N–H and O–H groups in total. The number of hydrogen-bond donors (Lipinski definition) is 2. The van der Waals surface area contributed by atoms with Gasteiger partial charge < -0.3 is 9.73 Å². The summed E-state index contributed by atoms with van der Waals surface area (Å²) < 4.78 is 32.2. The molecule has 6 nitrogen and oxygen atoms in total. The molecule has 0 fully saturated rings. The molecule has 7 heteroatoms. The maximum Gasteiger partial charge on any atom is 0.251 e. The van der Waals surface area contributed by atoms with Crippen LogP contribution in [0.5, 0.6) is 0 Å². The SMILES string of the molecule is CC(C)NS(=O)(=O)c1cccc(C(=O)NC(C)CCc2ccco2)c1. The number of benzene rings is 1. The van der Waals surface area contributed by atoms with Crippen molar-refractivity contribution in [2.24, 2.45) is 0 Å². The van der Waals surface area contributed by atoms with Crippen LogP contribution in [0.1, 0.15) is 43.3 Å². The summed E-state index contributed by atoms with van der Waals surface area (Å²) in [6.45, 7) is 5.39. The van der Waals surface area contributed by atoms with E-state index in [-0.39, 0.29) is 22.9 Å². The van der Waals surface area contributed by atoms with E-state index in [1.54, 1.807) is 32.2 Å². The van der Waals surface area contributed by atoms with Crippen LogP contribution < -0.4 is 10.0 Å². The lowest BCUT2D eigenvalue weighted by Crippen LogP contribution is -2.33. The Labute approximate surface area is 148 Å². The van der Waals surface area contributed by atoms with Gasteiger partial charge in [0.25, 0.3) is 5.91 Å². The Morgan fingerprint density at radius 3 is 2.56 bits per heavy atom. The van der Waals surface area contributed by atoms with E-state index in [1.807, 2.05) is 19.1 Å². The molecule has 25 heavy (non-hydrogen) atoms. The van der Waals surface area contributed by atoms with Crippen molar-refractivity contribution in [1.29, 1.82) is 0 Å². The second-order valence-corrected chi connectivity index (χ2v) is 8.01. The van der Waals surface area contributed by atoms with E-state index in [0.717, 1.165) is 18.6 Å². The maximum absolute atomic E-state index is 12.4. The Morgan fingerprint density at radius 2 is 1.92 bits per heavy atom. The van der Waals surface area contributed by atoms with Crippen LogP contribution in [0.4, 0.5) is 0 Å². The number of amides is 1. The van der Waals surface area contributed by atoms with Crippen LogP contribution >= 0.6 is 0 Å². The summed E-state index contributed by atoms with van der Waals surface area (Å²) >= 11 is 0. The lowest BCUT2D eigenvalue weighted by atomic mass is 10.1. The highest BCUT2D eigenvalue weighted by Crippen LogP contribution is 2.13. The third kappa shape index (κ3) is 5.72. The predicted molar refractivity (Wildman–Crippen MR) is 95.9 cm³/mol. The standard InChI is InChI=1S/C18H24N2O4S/c1-13(2)20-25(22,23)17-8-4-6-15(12-17)18(21)19-14(3)9-10-16-7-5-11-24-16/h4-8,11-14,20H,9-10H2,1-3H3,(H,19,21). The fourth-order valence-electron chi connectivity index (χ4n) is 2.38. The zero-order valence-corrected chi connectivity index (χ0v) is 15.5. The third-order valence-electron chi connectivity index (χ3n) is 3.58. The van der Waals surface area contributed by atoms with E-state index in [9.17, 15) is 13.2 Å². The fraction of sp³-hybridized carbons (Fsp3) is 0.389. The Kier molecular flexibility index (Phi) is 6.39. The van der Waals surface area contributed by atoms with Crippen molar-refractivity contribution >= 4 is 15.9 Å². The highest BCUT2D eigenvalue weighted by atomic mass is 32.2. The summed E-state index contributed by atoms with van der Waals surface area (Å²) in [4.78, 5) is 12.4. The van der Waals surface area contributed by atoms with Gasteiger partial charge in [-0.1, -0.05) is 6.07 Å². The smallest absolute Gasteiger partial charge is 0.251 e. The van der Waals surface area contributed by atoms with Crippen LogP contribution in [0.2, 0.25) is 0 Å². The van der Waals surface area contributed by atoms with Crippen LogP contribution in [-0.4, -0.2) is 26.4 Å². The first-order valence-electron chi connectivity index (χ1n) is 8.23. The van der Waals surface area contributed by atoms with Gasteiger partial charge in [0.1, 0.15) is 5.76 Å². The summed E-state index contributed by atoms with van der Waals surface area (Å²) in [6, 6.07) is 9.47. The van der Waals surface area contributed by atoms with Gasteiger partial charge in [-0.05, 0) is 57.5 Å². The molecule has 2 aromatic rings. The molecule has 0 bridgehead atoms. The number of nitrogens with one attached hydrogen (secondary N) is 2. The minimum absolute atomic E-state index is 0.0633. The molecule has 0 spiro atoms. The molecule has 1 atom stereocenters. The fourth-order valence-corrected chi connectivity index (χ4v) is 3.67. The summed E-state index contributed by atoms with van der Waals surface area (Å²) in [7, 11) is -3.63. The first-order valence-corrected chi connectivity index (χ1v) is 9.72. The van der Waals surface area contributed by atoms with Crippen molar-refractivity contribution in [1.82, 2.24) is 10.0 Å². The van der Waals surface area contributed by atoms with Gasteiger partial charge in [0, 0.05) is 24.1 Å². The molecule has 0 aliphatic carbocycles. The molecule has 136 valence electrons. The number of hydrogen-bond acceptors (Lipinski definition) is 4. The van der Waals surface area contributed by atoms with Gasteiger partial charge in [0.05, 0.1) is 11.2 Å². The van der Waals surface area contributed by atoms with Gasteiger partial charge in [0.2, 0.25) is 10.0 Å². The average Bonchev–Trinajstić information content (AvgIpc) is 3.05. The molecule has 0 aliphatic rings. The van der Waals surface area contributed by atoms with Crippen LogP contribution in [-0.2, 0) is 16.4 Å². The van der Waals surface area contributed by atoms with E-state index in [1.165, 1.54) is 12.1 Å². The van der Waals surface area contributed by atoms with E-state index in [0.29, 0.717) is 5.56 Å². The topological polar surface area (TPSA) is 88.4 Å². The molecule has 1 amide bonds. The van der Waals surface area contributed by atoms with Gasteiger partial charge in [-0.3, -0.25) is 4.79 Å². The molecule has 1 aromatic heterocycles. The van der Waals surface area contributed by atoms with Gasteiger partial charge in [-0.2, -0.15) is 0 Å². The number of carbonyl (C=O) groups excluding carboxylic acids is 1. The minimum Gasteiger partial charge on any atom is -0.469 e.